The van der Waals surface area contributed by atoms with E-state index < -0.39 is 10.0 Å². The minimum absolute atomic E-state index is 0.363. The van der Waals surface area contributed by atoms with Crippen LogP contribution in [0.15, 0.2) is 29.2 Å². The van der Waals surface area contributed by atoms with Gasteiger partial charge in [0.25, 0.3) is 0 Å². The van der Waals surface area contributed by atoms with Gasteiger partial charge in [-0.25, -0.2) is 8.42 Å². The number of methoxy groups -OCH3 is 1. The van der Waals surface area contributed by atoms with Crippen LogP contribution in [-0.4, -0.2) is 46.5 Å². The second-order valence-corrected chi connectivity index (χ2v) is 7.45. The van der Waals surface area contributed by atoms with Gasteiger partial charge in [0.05, 0.1) is 11.5 Å². The molecule has 118 valence electrons. The lowest BCUT2D eigenvalue weighted by Gasteiger charge is -2.31. The van der Waals surface area contributed by atoms with E-state index in [0.29, 0.717) is 30.5 Å². The van der Waals surface area contributed by atoms with E-state index in [2.05, 4.69) is 5.32 Å². The van der Waals surface area contributed by atoms with E-state index >= 15 is 0 Å². The van der Waals surface area contributed by atoms with Gasteiger partial charge in [0.2, 0.25) is 10.0 Å². The molecule has 0 radical (unpaired) electrons. The first-order valence-corrected chi connectivity index (χ1v) is 8.74. The Morgan fingerprint density at radius 3 is 2.95 bits per heavy atom. The summed E-state index contributed by atoms with van der Waals surface area (Å²) in [6.45, 7) is 2.48. The van der Waals surface area contributed by atoms with Crippen LogP contribution in [-0.2, 0) is 21.4 Å². The first-order chi connectivity index (χ1) is 10.1. The maximum atomic E-state index is 12.8. The summed E-state index contributed by atoms with van der Waals surface area (Å²) in [6.07, 6.45) is 2.00. The van der Waals surface area contributed by atoms with Crippen LogP contribution in [0.4, 0.5) is 0 Å². The SMILES string of the molecule is CNCC1CCCN(S(=O)(=O)c2cccc(COC)c2)C1. The molecule has 1 fully saturated rings. The molecule has 1 atom stereocenters. The third-order valence-corrected chi connectivity index (χ3v) is 5.68. The summed E-state index contributed by atoms with van der Waals surface area (Å²) >= 11 is 0. The molecule has 0 saturated carbocycles. The Balaban J connectivity index is 2.18. The fraction of sp³-hybridized carbons (Fsp3) is 0.600. The Morgan fingerprint density at radius 2 is 2.24 bits per heavy atom. The highest BCUT2D eigenvalue weighted by Crippen LogP contribution is 2.24. The van der Waals surface area contributed by atoms with Gasteiger partial charge in [-0.2, -0.15) is 4.31 Å². The number of ether oxygens (including phenoxy) is 1. The summed E-state index contributed by atoms with van der Waals surface area (Å²) < 4.78 is 32.2. The highest BCUT2D eigenvalue weighted by molar-refractivity contribution is 7.89. The molecular formula is C15H24N2O3S. The van der Waals surface area contributed by atoms with Gasteiger partial charge in [-0.05, 0) is 50.0 Å². The minimum Gasteiger partial charge on any atom is -0.380 e. The maximum Gasteiger partial charge on any atom is 0.243 e. The van der Waals surface area contributed by atoms with Crippen LogP contribution in [0.25, 0.3) is 0 Å². The first-order valence-electron chi connectivity index (χ1n) is 7.30. The number of sulfonamides is 1. The van der Waals surface area contributed by atoms with Crippen molar-refractivity contribution in [2.45, 2.75) is 24.3 Å². The van der Waals surface area contributed by atoms with Crippen LogP contribution < -0.4 is 5.32 Å². The fourth-order valence-electron chi connectivity index (χ4n) is 2.81. The number of nitrogens with zero attached hydrogens (tertiary/aromatic N) is 1. The third kappa shape index (κ3) is 4.03. The van der Waals surface area contributed by atoms with E-state index in [4.69, 9.17) is 4.74 Å². The number of rotatable bonds is 6. The maximum absolute atomic E-state index is 12.8. The molecule has 1 saturated heterocycles. The molecule has 1 N–H and O–H groups in total. The number of hydrogen-bond acceptors (Lipinski definition) is 4. The van der Waals surface area contributed by atoms with E-state index in [1.807, 2.05) is 13.1 Å². The van der Waals surface area contributed by atoms with Crippen molar-refractivity contribution in [2.24, 2.45) is 5.92 Å². The largest absolute Gasteiger partial charge is 0.380 e. The average Bonchev–Trinajstić information content (AvgIpc) is 2.48. The van der Waals surface area contributed by atoms with Gasteiger partial charge < -0.3 is 10.1 Å². The molecule has 1 aliphatic rings. The van der Waals surface area contributed by atoms with Crippen LogP contribution >= 0.6 is 0 Å². The van der Waals surface area contributed by atoms with Crippen LogP contribution in [0.5, 0.6) is 0 Å². The molecule has 0 spiro atoms. The quantitative estimate of drug-likeness (QED) is 0.864. The minimum atomic E-state index is -3.40. The summed E-state index contributed by atoms with van der Waals surface area (Å²) in [5, 5.41) is 3.14. The van der Waals surface area contributed by atoms with E-state index in [-0.39, 0.29) is 0 Å². The molecular weight excluding hydrogens is 288 g/mol. The number of benzene rings is 1. The smallest absolute Gasteiger partial charge is 0.243 e. The van der Waals surface area contributed by atoms with Crippen molar-refractivity contribution in [2.75, 3.05) is 33.8 Å². The molecule has 21 heavy (non-hydrogen) atoms. The van der Waals surface area contributed by atoms with Gasteiger partial charge in [0.15, 0.2) is 0 Å². The molecule has 1 unspecified atom stereocenters. The fourth-order valence-corrected chi connectivity index (χ4v) is 4.44. The van der Waals surface area contributed by atoms with Gasteiger partial charge in [-0.3, -0.25) is 0 Å². The molecule has 1 heterocycles. The summed E-state index contributed by atoms with van der Waals surface area (Å²) in [6, 6.07) is 7.02. The molecule has 0 aliphatic carbocycles. The van der Waals surface area contributed by atoms with Crippen molar-refractivity contribution in [1.82, 2.24) is 9.62 Å². The topological polar surface area (TPSA) is 58.6 Å². The molecule has 6 heteroatoms. The number of hydrogen-bond donors (Lipinski definition) is 1. The Bertz CT molecular complexity index is 558. The Morgan fingerprint density at radius 1 is 1.43 bits per heavy atom. The number of piperidine rings is 1. The summed E-state index contributed by atoms with van der Waals surface area (Å²) in [7, 11) is 0.106. The molecule has 5 nitrogen and oxygen atoms in total. The van der Waals surface area contributed by atoms with E-state index in [9.17, 15) is 8.42 Å². The van der Waals surface area contributed by atoms with Crippen LogP contribution in [0.1, 0.15) is 18.4 Å². The zero-order chi connectivity index (χ0) is 15.3. The summed E-state index contributed by atoms with van der Waals surface area (Å²) in [4.78, 5) is 0.363. The summed E-state index contributed by atoms with van der Waals surface area (Å²) in [5.41, 5.74) is 0.877. The Kier molecular flexibility index (Phi) is 5.75. The predicted octanol–water partition coefficient (Wildman–Crippen LogP) is 1.45. The van der Waals surface area contributed by atoms with E-state index in [1.54, 1.807) is 29.6 Å². The average molecular weight is 312 g/mol. The second kappa shape index (κ2) is 7.35. The van der Waals surface area contributed by atoms with E-state index in [0.717, 1.165) is 24.9 Å². The van der Waals surface area contributed by atoms with Crippen molar-refractivity contribution < 1.29 is 13.2 Å². The van der Waals surface area contributed by atoms with Gasteiger partial charge >= 0.3 is 0 Å². The number of nitrogens with one attached hydrogen (secondary N) is 1. The molecule has 0 bridgehead atoms. The van der Waals surface area contributed by atoms with E-state index in [1.165, 1.54) is 0 Å². The van der Waals surface area contributed by atoms with Crippen molar-refractivity contribution >= 4 is 10.0 Å². The lowest BCUT2D eigenvalue weighted by atomic mass is 10.00. The molecule has 0 amide bonds. The van der Waals surface area contributed by atoms with Gasteiger partial charge in [0, 0.05) is 20.2 Å². The van der Waals surface area contributed by atoms with Gasteiger partial charge in [-0.15, -0.1) is 0 Å². The normalized spacial score (nSPS) is 20.6. The molecule has 0 aromatic heterocycles. The van der Waals surface area contributed by atoms with Crippen molar-refractivity contribution in [3.63, 3.8) is 0 Å². The Labute approximate surface area is 127 Å². The third-order valence-electron chi connectivity index (χ3n) is 3.82. The lowest BCUT2D eigenvalue weighted by Crippen LogP contribution is -2.42. The lowest BCUT2D eigenvalue weighted by molar-refractivity contribution is 0.184. The Hall–Kier alpha value is -0.950. The molecule has 1 aromatic carbocycles. The predicted molar refractivity (Wildman–Crippen MR) is 82.6 cm³/mol. The van der Waals surface area contributed by atoms with Crippen LogP contribution in [0.3, 0.4) is 0 Å². The molecule has 2 rings (SSSR count). The second-order valence-electron chi connectivity index (χ2n) is 5.51. The van der Waals surface area contributed by atoms with Crippen LogP contribution in [0, 0.1) is 5.92 Å². The van der Waals surface area contributed by atoms with Crippen molar-refractivity contribution in [3.05, 3.63) is 29.8 Å². The van der Waals surface area contributed by atoms with Crippen molar-refractivity contribution in [3.8, 4) is 0 Å². The summed E-state index contributed by atoms with van der Waals surface area (Å²) in [5.74, 6) is 0.390. The first kappa shape index (κ1) is 16.4. The highest BCUT2D eigenvalue weighted by atomic mass is 32.2. The zero-order valence-corrected chi connectivity index (χ0v) is 13.5. The van der Waals surface area contributed by atoms with Crippen molar-refractivity contribution in [1.29, 1.82) is 0 Å². The van der Waals surface area contributed by atoms with Gasteiger partial charge in [-0.1, -0.05) is 12.1 Å². The monoisotopic (exact) mass is 312 g/mol. The molecule has 1 aromatic rings. The van der Waals surface area contributed by atoms with Gasteiger partial charge in [0.1, 0.15) is 0 Å². The standard InChI is InChI=1S/C15H24N2O3S/c1-16-10-14-6-4-8-17(11-14)21(18,19)15-7-3-5-13(9-15)12-20-2/h3,5,7,9,14,16H,4,6,8,10-12H2,1-2H3. The van der Waals surface area contributed by atoms with Crippen LogP contribution in [0.2, 0.25) is 0 Å². The highest BCUT2D eigenvalue weighted by Gasteiger charge is 2.29. The zero-order valence-electron chi connectivity index (χ0n) is 12.7. The molecule has 1 aliphatic heterocycles.